The van der Waals surface area contributed by atoms with Crippen molar-refractivity contribution in [2.75, 3.05) is 0 Å². The Balaban J connectivity index is 2.06. The Bertz CT molecular complexity index is 991. The number of ether oxygens (including phenoxy) is 1. The van der Waals surface area contributed by atoms with Gasteiger partial charge in [-0.1, -0.05) is 36.4 Å². The summed E-state index contributed by atoms with van der Waals surface area (Å²) in [6, 6.07) is 18.1. The molecule has 23 heavy (non-hydrogen) atoms. The third kappa shape index (κ3) is 1.91. The van der Waals surface area contributed by atoms with Gasteiger partial charge in [-0.3, -0.25) is 0 Å². The molecule has 2 aromatic carbocycles. The van der Waals surface area contributed by atoms with Gasteiger partial charge in [-0.25, -0.2) is 0 Å². The first kappa shape index (κ1) is 13.5. The molecule has 2 heterocycles. The molecule has 4 heteroatoms. The smallest absolute Gasteiger partial charge is 0.205 e. The Labute approximate surface area is 133 Å². The SMILES string of the molecule is Cc1[nH]c2ccccc2c1C1C(C#N)=C(N)Oc2ccccc21. The highest BCUT2D eigenvalue weighted by molar-refractivity contribution is 5.87. The van der Waals surface area contributed by atoms with E-state index in [4.69, 9.17) is 10.5 Å². The van der Waals surface area contributed by atoms with Gasteiger partial charge in [0, 0.05) is 22.2 Å². The highest BCUT2D eigenvalue weighted by Crippen LogP contribution is 2.45. The topological polar surface area (TPSA) is 74.8 Å². The predicted molar refractivity (Wildman–Crippen MR) is 88.8 cm³/mol. The van der Waals surface area contributed by atoms with Crippen molar-refractivity contribution in [3.05, 3.63) is 76.8 Å². The van der Waals surface area contributed by atoms with E-state index in [0.29, 0.717) is 11.3 Å². The molecule has 1 aliphatic heterocycles. The van der Waals surface area contributed by atoms with E-state index < -0.39 is 0 Å². The Morgan fingerprint density at radius 1 is 1.13 bits per heavy atom. The molecule has 3 N–H and O–H groups in total. The Hall–Kier alpha value is -3.19. The number of rotatable bonds is 1. The fourth-order valence-electron chi connectivity index (χ4n) is 3.37. The fraction of sp³-hybridized carbons (Fsp3) is 0.105. The molecule has 0 aliphatic carbocycles. The molecular weight excluding hydrogens is 286 g/mol. The van der Waals surface area contributed by atoms with Crippen molar-refractivity contribution in [2.24, 2.45) is 5.73 Å². The predicted octanol–water partition coefficient (Wildman–Crippen LogP) is 3.69. The number of benzene rings is 2. The van der Waals surface area contributed by atoms with Crippen LogP contribution in [0.3, 0.4) is 0 Å². The van der Waals surface area contributed by atoms with E-state index in [1.807, 2.05) is 49.4 Å². The molecule has 0 radical (unpaired) electrons. The molecular formula is C19H15N3O. The van der Waals surface area contributed by atoms with Gasteiger partial charge in [0.2, 0.25) is 5.88 Å². The number of aromatic amines is 1. The van der Waals surface area contributed by atoms with Crippen LogP contribution in [-0.4, -0.2) is 4.98 Å². The first-order valence-electron chi connectivity index (χ1n) is 7.44. The summed E-state index contributed by atoms with van der Waals surface area (Å²) in [6.45, 7) is 2.03. The van der Waals surface area contributed by atoms with Crippen molar-refractivity contribution < 1.29 is 4.74 Å². The second-order valence-corrected chi connectivity index (χ2v) is 5.67. The van der Waals surface area contributed by atoms with Gasteiger partial charge < -0.3 is 15.5 Å². The van der Waals surface area contributed by atoms with E-state index in [9.17, 15) is 5.26 Å². The van der Waals surface area contributed by atoms with Gasteiger partial charge in [0.15, 0.2) is 0 Å². The standard InChI is InChI=1S/C19H15N3O/c1-11-17(12-6-2-4-8-15(12)22-11)18-13-7-3-5-9-16(13)23-19(21)14(18)10-20/h2-9,18,22H,21H2,1H3. The maximum atomic E-state index is 9.64. The monoisotopic (exact) mass is 301 g/mol. The van der Waals surface area contributed by atoms with Crippen molar-refractivity contribution >= 4 is 10.9 Å². The third-order valence-electron chi connectivity index (χ3n) is 4.36. The lowest BCUT2D eigenvalue weighted by atomic mass is 9.82. The molecule has 4 nitrogen and oxygen atoms in total. The zero-order chi connectivity index (χ0) is 16.0. The number of aromatic nitrogens is 1. The minimum atomic E-state index is -0.221. The molecule has 1 aliphatic rings. The minimum absolute atomic E-state index is 0.181. The molecule has 0 fully saturated rings. The van der Waals surface area contributed by atoms with E-state index in [1.165, 1.54) is 0 Å². The second-order valence-electron chi connectivity index (χ2n) is 5.67. The lowest BCUT2D eigenvalue weighted by Crippen LogP contribution is -2.21. The van der Waals surface area contributed by atoms with Gasteiger partial charge in [-0.15, -0.1) is 0 Å². The summed E-state index contributed by atoms with van der Waals surface area (Å²) >= 11 is 0. The van der Waals surface area contributed by atoms with Crippen molar-refractivity contribution in [3.63, 3.8) is 0 Å². The molecule has 1 aromatic heterocycles. The van der Waals surface area contributed by atoms with Crippen LogP contribution >= 0.6 is 0 Å². The van der Waals surface area contributed by atoms with Crippen molar-refractivity contribution in [1.29, 1.82) is 5.26 Å². The fourth-order valence-corrected chi connectivity index (χ4v) is 3.37. The number of aryl methyl sites for hydroxylation is 1. The van der Waals surface area contributed by atoms with E-state index >= 15 is 0 Å². The summed E-state index contributed by atoms with van der Waals surface area (Å²) in [6.07, 6.45) is 0. The summed E-state index contributed by atoms with van der Waals surface area (Å²) in [5.74, 6) is 0.667. The van der Waals surface area contributed by atoms with Crippen molar-refractivity contribution in [1.82, 2.24) is 4.98 Å². The van der Waals surface area contributed by atoms with Crippen LogP contribution in [0.4, 0.5) is 0 Å². The zero-order valence-electron chi connectivity index (χ0n) is 12.6. The lowest BCUT2D eigenvalue weighted by molar-refractivity contribution is 0.394. The quantitative estimate of drug-likeness (QED) is 0.719. The molecule has 0 saturated heterocycles. The van der Waals surface area contributed by atoms with Crippen molar-refractivity contribution in [2.45, 2.75) is 12.8 Å². The van der Waals surface area contributed by atoms with Crippen LogP contribution in [0.5, 0.6) is 5.75 Å². The van der Waals surface area contributed by atoms with E-state index in [0.717, 1.165) is 27.7 Å². The highest BCUT2D eigenvalue weighted by atomic mass is 16.5. The average Bonchev–Trinajstić information content (AvgIpc) is 2.89. The number of allylic oxidation sites excluding steroid dienone is 1. The summed E-state index contributed by atoms with van der Waals surface area (Å²) in [4.78, 5) is 3.40. The second kappa shape index (κ2) is 4.92. The molecule has 112 valence electrons. The summed E-state index contributed by atoms with van der Waals surface area (Å²) < 4.78 is 5.64. The first-order valence-corrected chi connectivity index (χ1v) is 7.44. The van der Waals surface area contributed by atoms with Crippen LogP contribution in [0.1, 0.15) is 22.7 Å². The molecule has 3 aromatic rings. The maximum Gasteiger partial charge on any atom is 0.205 e. The van der Waals surface area contributed by atoms with Gasteiger partial charge in [0.05, 0.1) is 5.92 Å². The van der Waals surface area contributed by atoms with Crippen LogP contribution < -0.4 is 10.5 Å². The van der Waals surface area contributed by atoms with E-state index in [2.05, 4.69) is 17.1 Å². The third-order valence-corrected chi connectivity index (χ3v) is 4.36. The Morgan fingerprint density at radius 2 is 1.87 bits per heavy atom. The molecule has 1 unspecified atom stereocenters. The number of hydrogen-bond acceptors (Lipinski definition) is 3. The number of nitriles is 1. The summed E-state index contributed by atoms with van der Waals surface area (Å²) in [5.41, 5.74) is 10.6. The number of nitrogens with two attached hydrogens (primary N) is 1. The highest BCUT2D eigenvalue weighted by Gasteiger charge is 2.33. The minimum Gasteiger partial charge on any atom is -0.440 e. The molecule has 0 bridgehead atoms. The number of H-pyrrole nitrogens is 1. The largest absolute Gasteiger partial charge is 0.440 e. The normalized spacial score (nSPS) is 16.8. The van der Waals surface area contributed by atoms with Crippen LogP contribution in [0.25, 0.3) is 10.9 Å². The molecule has 0 saturated carbocycles. The van der Waals surface area contributed by atoms with Crippen LogP contribution in [0.2, 0.25) is 0 Å². The number of hydrogen-bond donors (Lipinski definition) is 2. The van der Waals surface area contributed by atoms with Crippen LogP contribution in [-0.2, 0) is 0 Å². The van der Waals surface area contributed by atoms with Crippen LogP contribution in [0, 0.1) is 18.3 Å². The average molecular weight is 301 g/mol. The lowest BCUT2D eigenvalue weighted by Gasteiger charge is -2.26. The van der Waals surface area contributed by atoms with Crippen molar-refractivity contribution in [3.8, 4) is 11.8 Å². The number of fused-ring (bicyclic) bond motifs is 2. The first-order chi connectivity index (χ1) is 11.2. The maximum absolute atomic E-state index is 9.64. The summed E-state index contributed by atoms with van der Waals surface area (Å²) in [7, 11) is 0. The van der Waals surface area contributed by atoms with Gasteiger partial charge in [0.25, 0.3) is 0 Å². The molecule has 1 atom stereocenters. The molecule has 0 amide bonds. The van der Waals surface area contributed by atoms with Gasteiger partial charge in [0.1, 0.15) is 17.4 Å². The Kier molecular flexibility index (Phi) is 2.88. The van der Waals surface area contributed by atoms with Crippen LogP contribution in [0.15, 0.2) is 60.0 Å². The Morgan fingerprint density at radius 3 is 2.70 bits per heavy atom. The zero-order valence-corrected chi connectivity index (χ0v) is 12.6. The number of nitrogens with zero attached hydrogens (tertiary/aromatic N) is 1. The molecule has 0 spiro atoms. The number of nitrogens with one attached hydrogen (secondary N) is 1. The van der Waals surface area contributed by atoms with Gasteiger partial charge >= 0.3 is 0 Å². The summed E-state index contributed by atoms with van der Waals surface area (Å²) in [5, 5.41) is 10.7. The van der Waals surface area contributed by atoms with Gasteiger partial charge in [-0.05, 0) is 24.6 Å². The van der Waals surface area contributed by atoms with E-state index in [-0.39, 0.29) is 11.8 Å². The van der Waals surface area contributed by atoms with E-state index in [1.54, 1.807) is 0 Å². The number of para-hydroxylation sites is 2. The molecule has 4 rings (SSSR count). The van der Waals surface area contributed by atoms with Gasteiger partial charge in [-0.2, -0.15) is 5.26 Å².